The third-order valence-electron chi connectivity index (χ3n) is 4.68. The zero-order valence-corrected chi connectivity index (χ0v) is 15.2. The number of nitrogens with zero attached hydrogens (tertiary/aromatic N) is 4. The summed E-state index contributed by atoms with van der Waals surface area (Å²) in [5.41, 5.74) is 2.41. The number of piperazine rings is 1. The Morgan fingerprint density at radius 1 is 1.08 bits per heavy atom. The molecule has 0 spiro atoms. The summed E-state index contributed by atoms with van der Waals surface area (Å²) in [5, 5.41) is 8.66. The zero-order chi connectivity index (χ0) is 16.7. The first-order valence-corrected chi connectivity index (χ1v) is 10.5. The molecule has 6 nitrogen and oxygen atoms in total. The fourth-order valence-electron chi connectivity index (χ4n) is 3.31. The second-order valence-electron chi connectivity index (χ2n) is 6.28. The van der Waals surface area contributed by atoms with E-state index in [0.29, 0.717) is 30.4 Å². The Labute approximate surface area is 146 Å². The number of aryl methyl sites for hydroxylation is 3. The zero-order valence-electron chi connectivity index (χ0n) is 13.6. The van der Waals surface area contributed by atoms with E-state index in [2.05, 4.69) is 21.2 Å². The number of sulfonamides is 1. The Morgan fingerprint density at radius 2 is 1.88 bits per heavy atom. The number of hydrogen-bond acceptors (Lipinski definition) is 6. The highest BCUT2D eigenvalue weighted by molar-refractivity contribution is 7.91. The standard InChI is InChI=1S/C16H20N4O2S2/c1-12-5-6-16(23-12)24(21,22)20-9-7-19(8-10-20)15-11-13-3-2-4-14(13)17-18-15/h5-6,11H,2-4,7-10H2,1H3. The Morgan fingerprint density at radius 3 is 2.58 bits per heavy atom. The van der Waals surface area contributed by atoms with Gasteiger partial charge in [0, 0.05) is 31.1 Å². The number of thiophene rings is 1. The number of aromatic nitrogens is 2. The third kappa shape index (κ3) is 2.82. The highest BCUT2D eigenvalue weighted by atomic mass is 32.2. The minimum absolute atomic E-state index is 0.436. The monoisotopic (exact) mass is 364 g/mol. The van der Waals surface area contributed by atoms with E-state index in [1.54, 1.807) is 10.4 Å². The van der Waals surface area contributed by atoms with Crippen molar-refractivity contribution < 1.29 is 8.42 Å². The molecule has 0 N–H and O–H groups in total. The van der Waals surface area contributed by atoms with Crippen LogP contribution in [-0.4, -0.2) is 49.1 Å². The van der Waals surface area contributed by atoms with E-state index in [9.17, 15) is 8.42 Å². The summed E-state index contributed by atoms with van der Waals surface area (Å²) >= 11 is 1.33. The van der Waals surface area contributed by atoms with Gasteiger partial charge >= 0.3 is 0 Å². The summed E-state index contributed by atoms with van der Waals surface area (Å²) in [5.74, 6) is 0.875. The van der Waals surface area contributed by atoms with E-state index in [1.807, 2.05) is 13.0 Å². The summed E-state index contributed by atoms with van der Waals surface area (Å²) < 4.78 is 27.4. The number of rotatable bonds is 3. The molecule has 128 valence electrons. The normalized spacial score (nSPS) is 18.8. The predicted octanol–water partition coefficient (Wildman–Crippen LogP) is 1.85. The maximum Gasteiger partial charge on any atom is 0.252 e. The predicted molar refractivity (Wildman–Crippen MR) is 94.1 cm³/mol. The molecule has 0 unspecified atom stereocenters. The molecule has 1 aliphatic carbocycles. The second-order valence-corrected chi connectivity index (χ2v) is 9.74. The lowest BCUT2D eigenvalue weighted by Gasteiger charge is -2.34. The first-order chi connectivity index (χ1) is 11.5. The molecule has 0 radical (unpaired) electrons. The molecule has 0 aromatic carbocycles. The maximum absolute atomic E-state index is 12.7. The van der Waals surface area contributed by atoms with Gasteiger partial charge in [-0.1, -0.05) is 0 Å². The lowest BCUT2D eigenvalue weighted by molar-refractivity contribution is 0.384. The van der Waals surface area contributed by atoms with Gasteiger partial charge in [0.2, 0.25) is 0 Å². The molecule has 2 aliphatic rings. The number of hydrogen-bond donors (Lipinski definition) is 0. The van der Waals surface area contributed by atoms with E-state index in [-0.39, 0.29) is 0 Å². The van der Waals surface area contributed by atoms with Gasteiger partial charge < -0.3 is 4.90 Å². The molecule has 0 atom stereocenters. The lowest BCUT2D eigenvalue weighted by atomic mass is 10.2. The first-order valence-electron chi connectivity index (χ1n) is 8.21. The van der Waals surface area contributed by atoms with Crippen LogP contribution < -0.4 is 4.90 Å². The van der Waals surface area contributed by atoms with Gasteiger partial charge in [-0.3, -0.25) is 0 Å². The van der Waals surface area contributed by atoms with E-state index in [0.717, 1.165) is 35.7 Å². The van der Waals surface area contributed by atoms with Crippen LogP contribution in [0.4, 0.5) is 5.82 Å². The molecule has 0 amide bonds. The summed E-state index contributed by atoms with van der Waals surface area (Å²) in [7, 11) is -3.37. The van der Waals surface area contributed by atoms with Crippen LogP contribution in [0.15, 0.2) is 22.4 Å². The van der Waals surface area contributed by atoms with E-state index < -0.39 is 10.0 Å². The second kappa shape index (κ2) is 6.09. The Bertz CT molecular complexity index is 855. The van der Waals surface area contributed by atoms with Gasteiger partial charge in [-0.25, -0.2) is 8.42 Å². The number of fused-ring (bicyclic) bond motifs is 1. The maximum atomic E-state index is 12.7. The van der Waals surface area contributed by atoms with Gasteiger partial charge in [0.1, 0.15) is 4.21 Å². The van der Waals surface area contributed by atoms with Gasteiger partial charge in [0.25, 0.3) is 10.0 Å². The smallest absolute Gasteiger partial charge is 0.252 e. The van der Waals surface area contributed by atoms with Crippen molar-refractivity contribution in [3.63, 3.8) is 0 Å². The molecular weight excluding hydrogens is 344 g/mol. The van der Waals surface area contributed by atoms with Gasteiger partial charge in [-0.15, -0.1) is 16.4 Å². The van der Waals surface area contributed by atoms with E-state index in [1.165, 1.54) is 16.9 Å². The van der Waals surface area contributed by atoms with Gasteiger partial charge in [-0.2, -0.15) is 9.40 Å². The van der Waals surface area contributed by atoms with Crippen molar-refractivity contribution in [2.75, 3.05) is 31.1 Å². The molecule has 24 heavy (non-hydrogen) atoms. The van der Waals surface area contributed by atoms with Crippen molar-refractivity contribution in [3.8, 4) is 0 Å². The molecule has 1 aliphatic heterocycles. The summed E-state index contributed by atoms with van der Waals surface area (Å²) in [6.45, 7) is 4.19. The largest absolute Gasteiger partial charge is 0.352 e. The lowest BCUT2D eigenvalue weighted by Crippen LogP contribution is -2.48. The van der Waals surface area contributed by atoms with Crippen LogP contribution in [0, 0.1) is 6.92 Å². The van der Waals surface area contributed by atoms with Crippen LogP contribution in [0.1, 0.15) is 22.6 Å². The molecule has 8 heteroatoms. The summed E-state index contributed by atoms with van der Waals surface area (Å²) in [6.07, 6.45) is 3.25. The van der Waals surface area contributed by atoms with Crippen LogP contribution in [0.2, 0.25) is 0 Å². The highest BCUT2D eigenvalue weighted by Gasteiger charge is 2.30. The van der Waals surface area contributed by atoms with E-state index in [4.69, 9.17) is 0 Å². The molecule has 1 fully saturated rings. The molecular formula is C16H20N4O2S2. The van der Waals surface area contributed by atoms with Crippen LogP contribution in [0.5, 0.6) is 0 Å². The molecule has 2 aromatic heterocycles. The third-order valence-corrected chi connectivity index (χ3v) is 8.05. The molecule has 4 rings (SSSR count). The molecule has 2 aromatic rings. The molecule has 3 heterocycles. The van der Waals surface area contributed by atoms with Crippen LogP contribution in [0.3, 0.4) is 0 Å². The Hall–Kier alpha value is -1.51. The highest BCUT2D eigenvalue weighted by Crippen LogP contribution is 2.27. The first kappa shape index (κ1) is 16.0. The van der Waals surface area contributed by atoms with Crippen LogP contribution in [-0.2, 0) is 22.9 Å². The minimum atomic E-state index is -3.37. The topological polar surface area (TPSA) is 66.4 Å². The Kier molecular flexibility index (Phi) is 4.06. The average Bonchev–Trinajstić information content (AvgIpc) is 3.23. The van der Waals surface area contributed by atoms with Crippen LogP contribution >= 0.6 is 11.3 Å². The van der Waals surface area contributed by atoms with Crippen molar-refractivity contribution in [1.29, 1.82) is 0 Å². The average molecular weight is 364 g/mol. The van der Waals surface area contributed by atoms with E-state index >= 15 is 0 Å². The Balaban J connectivity index is 1.47. The molecule has 0 saturated carbocycles. The van der Waals surface area contributed by atoms with Crippen molar-refractivity contribution in [2.24, 2.45) is 0 Å². The molecule has 0 bridgehead atoms. The fourth-order valence-corrected chi connectivity index (χ4v) is 6.17. The minimum Gasteiger partial charge on any atom is -0.352 e. The quantitative estimate of drug-likeness (QED) is 0.831. The summed E-state index contributed by atoms with van der Waals surface area (Å²) in [4.78, 5) is 3.15. The van der Waals surface area contributed by atoms with Gasteiger partial charge in [0.15, 0.2) is 5.82 Å². The fraction of sp³-hybridized carbons (Fsp3) is 0.500. The van der Waals surface area contributed by atoms with Crippen LogP contribution in [0.25, 0.3) is 0 Å². The molecule has 1 saturated heterocycles. The van der Waals surface area contributed by atoms with Crippen molar-refractivity contribution in [3.05, 3.63) is 34.3 Å². The SMILES string of the molecule is Cc1ccc(S(=O)(=O)N2CCN(c3cc4c(nn3)CCC4)CC2)s1. The van der Waals surface area contributed by atoms with Crippen molar-refractivity contribution in [2.45, 2.75) is 30.4 Å². The summed E-state index contributed by atoms with van der Waals surface area (Å²) in [6, 6.07) is 5.68. The van der Waals surface area contributed by atoms with Crippen molar-refractivity contribution in [1.82, 2.24) is 14.5 Å². The van der Waals surface area contributed by atoms with Crippen molar-refractivity contribution >= 4 is 27.2 Å². The van der Waals surface area contributed by atoms with Gasteiger partial charge in [-0.05, 0) is 49.9 Å². The van der Waals surface area contributed by atoms with Gasteiger partial charge in [0.05, 0.1) is 5.69 Å². The number of anilines is 1.